The van der Waals surface area contributed by atoms with Gasteiger partial charge in [0.05, 0.1) is 0 Å². The van der Waals surface area contributed by atoms with Gasteiger partial charge in [0, 0.05) is 31.9 Å². The fourth-order valence-corrected chi connectivity index (χ4v) is 3.76. The molecule has 0 amide bonds. The minimum absolute atomic E-state index is 0.263. The molecule has 1 unspecified atom stereocenters. The van der Waals surface area contributed by atoms with E-state index in [1.54, 1.807) is 16.4 Å². The minimum Gasteiger partial charge on any atom is -0.370 e. The molecule has 1 saturated heterocycles. The van der Waals surface area contributed by atoms with Crippen LogP contribution in [0.15, 0.2) is 23.2 Å². The summed E-state index contributed by atoms with van der Waals surface area (Å²) >= 11 is 0. The van der Waals surface area contributed by atoms with Crippen LogP contribution in [0.3, 0.4) is 0 Å². The third-order valence-electron chi connectivity index (χ3n) is 3.59. The molecule has 112 valence electrons. The first-order valence-electron chi connectivity index (χ1n) is 6.81. The standard InChI is InChI=1S/C13H22N4O2S/c1-4-14-13-6-5-12(9-15-13)20(18,19)17-8-7-11(10-17)16(2)3/h5-6,9,11H,4,7-8,10H2,1-3H3,(H,14,15). The van der Waals surface area contributed by atoms with Crippen LogP contribution in [0.5, 0.6) is 0 Å². The molecule has 2 heterocycles. The quantitative estimate of drug-likeness (QED) is 0.872. The molecule has 1 aliphatic heterocycles. The molecular weight excluding hydrogens is 276 g/mol. The molecule has 1 fully saturated rings. The van der Waals surface area contributed by atoms with E-state index in [2.05, 4.69) is 15.2 Å². The topological polar surface area (TPSA) is 65.5 Å². The van der Waals surface area contributed by atoms with Gasteiger partial charge in [0.2, 0.25) is 10.0 Å². The van der Waals surface area contributed by atoms with E-state index < -0.39 is 10.0 Å². The summed E-state index contributed by atoms with van der Waals surface area (Å²) in [6, 6.07) is 3.61. The van der Waals surface area contributed by atoms with Crippen LogP contribution >= 0.6 is 0 Å². The maximum Gasteiger partial charge on any atom is 0.244 e. The summed E-state index contributed by atoms with van der Waals surface area (Å²) in [5, 5.41) is 3.05. The Kier molecular flexibility index (Phi) is 4.62. The van der Waals surface area contributed by atoms with E-state index in [1.165, 1.54) is 6.20 Å². The van der Waals surface area contributed by atoms with Crippen LogP contribution in [-0.2, 0) is 10.0 Å². The number of likely N-dealkylation sites (N-methyl/N-ethyl adjacent to an activating group) is 1. The van der Waals surface area contributed by atoms with Gasteiger partial charge in [0.15, 0.2) is 0 Å². The molecule has 0 aliphatic carbocycles. The number of sulfonamides is 1. The molecular formula is C13H22N4O2S. The van der Waals surface area contributed by atoms with Gasteiger partial charge in [-0.3, -0.25) is 0 Å². The van der Waals surface area contributed by atoms with Gasteiger partial charge in [0.1, 0.15) is 10.7 Å². The van der Waals surface area contributed by atoms with Gasteiger partial charge in [0.25, 0.3) is 0 Å². The number of nitrogens with one attached hydrogen (secondary N) is 1. The molecule has 0 aromatic carbocycles. The number of hydrogen-bond acceptors (Lipinski definition) is 5. The van der Waals surface area contributed by atoms with Crippen LogP contribution in [0.25, 0.3) is 0 Å². The van der Waals surface area contributed by atoms with Gasteiger partial charge in [-0.2, -0.15) is 4.31 Å². The molecule has 2 rings (SSSR count). The highest BCUT2D eigenvalue weighted by Crippen LogP contribution is 2.22. The van der Waals surface area contributed by atoms with E-state index in [-0.39, 0.29) is 4.90 Å². The van der Waals surface area contributed by atoms with E-state index in [0.717, 1.165) is 13.0 Å². The third-order valence-corrected chi connectivity index (χ3v) is 5.44. The molecule has 1 N–H and O–H groups in total. The molecule has 6 nitrogen and oxygen atoms in total. The van der Waals surface area contributed by atoms with Crippen LogP contribution in [-0.4, -0.2) is 62.4 Å². The van der Waals surface area contributed by atoms with Crippen molar-refractivity contribution in [3.8, 4) is 0 Å². The van der Waals surface area contributed by atoms with Crippen LogP contribution < -0.4 is 5.32 Å². The third kappa shape index (κ3) is 3.11. The van der Waals surface area contributed by atoms with Crippen LogP contribution in [0.4, 0.5) is 5.82 Å². The first-order chi connectivity index (χ1) is 9.45. The van der Waals surface area contributed by atoms with E-state index in [0.29, 0.717) is 24.9 Å². The van der Waals surface area contributed by atoms with Crippen molar-refractivity contribution in [2.75, 3.05) is 39.0 Å². The van der Waals surface area contributed by atoms with Crippen molar-refractivity contribution in [1.82, 2.24) is 14.2 Å². The summed E-state index contributed by atoms with van der Waals surface area (Å²) in [4.78, 5) is 6.47. The first kappa shape index (κ1) is 15.2. The molecule has 0 spiro atoms. The van der Waals surface area contributed by atoms with E-state index in [4.69, 9.17) is 0 Å². The molecule has 1 aliphatic rings. The molecule has 1 aromatic rings. The lowest BCUT2D eigenvalue weighted by atomic mass is 10.2. The normalized spacial score (nSPS) is 20.5. The first-order valence-corrected chi connectivity index (χ1v) is 8.25. The van der Waals surface area contributed by atoms with Gasteiger partial charge in [-0.1, -0.05) is 0 Å². The van der Waals surface area contributed by atoms with Gasteiger partial charge in [-0.25, -0.2) is 13.4 Å². The summed E-state index contributed by atoms with van der Waals surface area (Å²) in [5.41, 5.74) is 0. The Balaban J connectivity index is 2.14. The second-order valence-electron chi connectivity index (χ2n) is 5.18. The zero-order chi connectivity index (χ0) is 14.8. The summed E-state index contributed by atoms with van der Waals surface area (Å²) in [7, 11) is 0.539. The van der Waals surface area contributed by atoms with E-state index in [1.807, 2.05) is 21.0 Å². The Labute approximate surface area is 120 Å². The Morgan fingerprint density at radius 1 is 1.45 bits per heavy atom. The molecule has 0 saturated carbocycles. The second kappa shape index (κ2) is 6.07. The number of rotatable bonds is 5. The largest absolute Gasteiger partial charge is 0.370 e. The average Bonchev–Trinajstić information content (AvgIpc) is 2.90. The molecule has 1 aromatic heterocycles. The predicted molar refractivity (Wildman–Crippen MR) is 79.3 cm³/mol. The second-order valence-corrected chi connectivity index (χ2v) is 7.12. The average molecular weight is 298 g/mol. The van der Waals surface area contributed by atoms with Crippen molar-refractivity contribution in [3.05, 3.63) is 18.3 Å². The Morgan fingerprint density at radius 3 is 2.70 bits per heavy atom. The highest BCUT2D eigenvalue weighted by Gasteiger charge is 2.33. The maximum absolute atomic E-state index is 12.5. The Morgan fingerprint density at radius 2 is 2.20 bits per heavy atom. The summed E-state index contributed by atoms with van der Waals surface area (Å²) < 4.78 is 26.6. The number of aromatic nitrogens is 1. The van der Waals surface area contributed by atoms with Gasteiger partial charge < -0.3 is 10.2 Å². The van der Waals surface area contributed by atoms with Crippen molar-refractivity contribution in [1.29, 1.82) is 0 Å². The highest BCUT2D eigenvalue weighted by atomic mass is 32.2. The minimum atomic E-state index is -3.42. The lowest BCUT2D eigenvalue weighted by Gasteiger charge is -2.20. The number of nitrogens with zero attached hydrogens (tertiary/aromatic N) is 3. The summed E-state index contributed by atoms with van der Waals surface area (Å²) in [6.45, 7) is 3.85. The smallest absolute Gasteiger partial charge is 0.244 e. The van der Waals surface area contributed by atoms with Crippen LogP contribution in [0, 0.1) is 0 Å². The van der Waals surface area contributed by atoms with Crippen molar-refractivity contribution in [3.63, 3.8) is 0 Å². The van der Waals surface area contributed by atoms with Crippen LogP contribution in [0.1, 0.15) is 13.3 Å². The fourth-order valence-electron chi connectivity index (χ4n) is 2.32. The molecule has 7 heteroatoms. The van der Waals surface area contributed by atoms with Crippen molar-refractivity contribution in [2.45, 2.75) is 24.3 Å². The lowest BCUT2D eigenvalue weighted by Crippen LogP contribution is -2.34. The predicted octanol–water partition coefficient (Wildman–Crippen LogP) is 0.838. The Bertz CT molecular complexity index is 542. The Hall–Kier alpha value is -1.18. The zero-order valence-electron chi connectivity index (χ0n) is 12.2. The fraction of sp³-hybridized carbons (Fsp3) is 0.615. The maximum atomic E-state index is 12.5. The van der Waals surface area contributed by atoms with Crippen LogP contribution in [0.2, 0.25) is 0 Å². The van der Waals surface area contributed by atoms with Crippen molar-refractivity contribution in [2.24, 2.45) is 0 Å². The van der Waals surface area contributed by atoms with Crippen molar-refractivity contribution < 1.29 is 8.42 Å². The molecule has 0 radical (unpaired) electrons. The summed E-state index contributed by atoms with van der Waals surface area (Å²) in [5.74, 6) is 0.694. The molecule has 0 bridgehead atoms. The lowest BCUT2D eigenvalue weighted by molar-refractivity contribution is 0.302. The molecule has 20 heavy (non-hydrogen) atoms. The zero-order valence-corrected chi connectivity index (χ0v) is 13.0. The van der Waals surface area contributed by atoms with Gasteiger partial charge >= 0.3 is 0 Å². The molecule has 1 atom stereocenters. The monoisotopic (exact) mass is 298 g/mol. The number of anilines is 1. The summed E-state index contributed by atoms with van der Waals surface area (Å²) in [6.07, 6.45) is 2.30. The highest BCUT2D eigenvalue weighted by molar-refractivity contribution is 7.89. The number of hydrogen-bond donors (Lipinski definition) is 1. The van der Waals surface area contributed by atoms with Gasteiger partial charge in [-0.05, 0) is 39.6 Å². The van der Waals surface area contributed by atoms with Gasteiger partial charge in [-0.15, -0.1) is 0 Å². The number of pyridine rings is 1. The SMILES string of the molecule is CCNc1ccc(S(=O)(=O)N2CCC(N(C)C)C2)cn1. The van der Waals surface area contributed by atoms with E-state index >= 15 is 0 Å². The van der Waals surface area contributed by atoms with E-state index in [9.17, 15) is 8.42 Å². The van der Waals surface area contributed by atoms with Crippen molar-refractivity contribution >= 4 is 15.8 Å².